The SMILES string of the molecule is CCOC(=O)/C=C/C(=O)OC1CCCCC1. The highest BCUT2D eigenvalue weighted by atomic mass is 16.5. The summed E-state index contributed by atoms with van der Waals surface area (Å²) in [4.78, 5) is 22.2. The van der Waals surface area contributed by atoms with Gasteiger partial charge in [-0.25, -0.2) is 9.59 Å². The molecule has 0 saturated heterocycles. The van der Waals surface area contributed by atoms with Crippen LogP contribution in [-0.2, 0) is 19.1 Å². The molecule has 90 valence electrons. The first-order valence-corrected chi connectivity index (χ1v) is 5.78. The van der Waals surface area contributed by atoms with Crippen LogP contribution in [0.5, 0.6) is 0 Å². The first kappa shape index (κ1) is 12.7. The monoisotopic (exact) mass is 226 g/mol. The highest BCUT2D eigenvalue weighted by Crippen LogP contribution is 2.20. The van der Waals surface area contributed by atoms with Gasteiger partial charge in [-0.05, 0) is 32.6 Å². The molecule has 0 aromatic heterocycles. The molecule has 1 rings (SSSR count). The topological polar surface area (TPSA) is 52.6 Å². The second-order valence-corrected chi connectivity index (χ2v) is 3.78. The highest BCUT2D eigenvalue weighted by molar-refractivity contribution is 5.91. The fourth-order valence-corrected chi connectivity index (χ4v) is 1.71. The summed E-state index contributed by atoms with van der Waals surface area (Å²) in [5, 5.41) is 0. The zero-order valence-electron chi connectivity index (χ0n) is 9.61. The lowest BCUT2D eigenvalue weighted by Gasteiger charge is -2.20. The Morgan fingerprint density at radius 2 is 1.75 bits per heavy atom. The Kier molecular flexibility index (Phi) is 5.61. The van der Waals surface area contributed by atoms with Crippen LogP contribution >= 0.6 is 0 Å². The van der Waals surface area contributed by atoms with Gasteiger partial charge in [0.15, 0.2) is 0 Å². The van der Waals surface area contributed by atoms with Crippen molar-refractivity contribution in [1.82, 2.24) is 0 Å². The minimum Gasteiger partial charge on any atom is -0.463 e. The van der Waals surface area contributed by atoms with Crippen LogP contribution in [0.25, 0.3) is 0 Å². The van der Waals surface area contributed by atoms with Crippen molar-refractivity contribution in [2.24, 2.45) is 0 Å². The zero-order valence-corrected chi connectivity index (χ0v) is 9.61. The molecule has 0 N–H and O–H groups in total. The standard InChI is InChI=1S/C12H18O4/c1-2-15-11(13)8-9-12(14)16-10-6-4-3-5-7-10/h8-10H,2-7H2,1H3/b9-8+. The van der Waals surface area contributed by atoms with Gasteiger partial charge in [0.1, 0.15) is 6.10 Å². The van der Waals surface area contributed by atoms with Gasteiger partial charge >= 0.3 is 11.9 Å². The lowest BCUT2D eigenvalue weighted by atomic mass is 9.98. The summed E-state index contributed by atoms with van der Waals surface area (Å²) in [6.07, 6.45) is 7.55. The molecule has 0 unspecified atom stereocenters. The van der Waals surface area contributed by atoms with Gasteiger partial charge < -0.3 is 9.47 Å². The van der Waals surface area contributed by atoms with Crippen molar-refractivity contribution >= 4 is 11.9 Å². The van der Waals surface area contributed by atoms with Crippen LogP contribution < -0.4 is 0 Å². The van der Waals surface area contributed by atoms with Crippen molar-refractivity contribution in [3.63, 3.8) is 0 Å². The summed E-state index contributed by atoms with van der Waals surface area (Å²) in [5.41, 5.74) is 0. The Morgan fingerprint density at radius 1 is 1.12 bits per heavy atom. The second kappa shape index (κ2) is 7.04. The van der Waals surface area contributed by atoms with Gasteiger partial charge in [0.2, 0.25) is 0 Å². The Balaban J connectivity index is 2.26. The fraction of sp³-hybridized carbons (Fsp3) is 0.667. The largest absolute Gasteiger partial charge is 0.463 e. The van der Waals surface area contributed by atoms with E-state index in [1.165, 1.54) is 6.42 Å². The number of ether oxygens (including phenoxy) is 2. The van der Waals surface area contributed by atoms with Gasteiger partial charge in [-0.1, -0.05) is 6.42 Å². The van der Waals surface area contributed by atoms with E-state index >= 15 is 0 Å². The Labute approximate surface area is 95.6 Å². The third-order valence-electron chi connectivity index (χ3n) is 2.48. The quantitative estimate of drug-likeness (QED) is 0.543. The lowest BCUT2D eigenvalue weighted by Crippen LogP contribution is -2.19. The first-order chi connectivity index (χ1) is 7.72. The molecule has 0 amide bonds. The van der Waals surface area contributed by atoms with E-state index in [0.717, 1.165) is 37.8 Å². The van der Waals surface area contributed by atoms with E-state index in [-0.39, 0.29) is 6.10 Å². The van der Waals surface area contributed by atoms with Gasteiger partial charge in [0.25, 0.3) is 0 Å². The molecule has 0 aliphatic heterocycles. The van der Waals surface area contributed by atoms with Crippen molar-refractivity contribution in [3.05, 3.63) is 12.2 Å². The summed E-state index contributed by atoms with van der Waals surface area (Å²) >= 11 is 0. The summed E-state index contributed by atoms with van der Waals surface area (Å²) in [6, 6.07) is 0. The van der Waals surface area contributed by atoms with Crippen LogP contribution in [0.3, 0.4) is 0 Å². The number of hydrogen-bond donors (Lipinski definition) is 0. The zero-order chi connectivity index (χ0) is 11.8. The molecule has 0 aromatic carbocycles. The predicted octanol–water partition coefficient (Wildman–Crippen LogP) is 1.98. The second-order valence-electron chi connectivity index (χ2n) is 3.78. The van der Waals surface area contributed by atoms with Gasteiger partial charge in [0.05, 0.1) is 6.61 Å². The number of carbonyl (C=O) groups is 2. The van der Waals surface area contributed by atoms with Crippen LogP contribution in [0.4, 0.5) is 0 Å². The summed E-state index contributed by atoms with van der Waals surface area (Å²) < 4.78 is 9.84. The molecule has 1 saturated carbocycles. The molecule has 0 heterocycles. The van der Waals surface area contributed by atoms with Crippen LogP contribution in [0, 0.1) is 0 Å². The predicted molar refractivity (Wildman–Crippen MR) is 58.7 cm³/mol. The molecule has 16 heavy (non-hydrogen) atoms. The summed E-state index contributed by atoms with van der Waals surface area (Å²) in [7, 11) is 0. The van der Waals surface area contributed by atoms with Crippen molar-refractivity contribution in [3.8, 4) is 0 Å². The van der Waals surface area contributed by atoms with Gasteiger partial charge in [-0.15, -0.1) is 0 Å². The van der Waals surface area contributed by atoms with E-state index in [0.29, 0.717) is 6.61 Å². The maximum atomic E-state index is 11.3. The third kappa shape index (κ3) is 4.96. The van der Waals surface area contributed by atoms with E-state index in [2.05, 4.69) is 4.74 Å². The fourth-order valence-electron chi connectivity index (χ4n) is 1.71. The Bertz CT molecular complexity index is 264. The minimum absolute atomic E-state index is 0.0214. The third-order valence-corrected chi connectivity index (χ3v) is 2.48. The molecular formula is C12H18O4. The number of esters is 2. The molecule has 0 atom stereocenters. The van der Waals surface area contributed by atoms with E-state index in [9.17, 15) is 9.59 Å². The molecule has 0 radical (unpaired) electrons. The molecule has 0 spiro atoms. The molecule has 1 aliphatic rings. The first-order valence-electron chi connectivity index (χ1n) is 5.78. The Hall–Kier alpha value is -1.32. The number of carbonyl (C=O) groups excluding carboxylic acids is 2. The molecule has 0 aromatic rings. The molecule has 0 bridgehead atoms. The average molecular weight is 226 g/mol. The van der Waals surface area contributed by atoms with Gasteiger partial charge in [-0.3, -0.25) is 0 Å². The normalized spacial score (nSPS) is 17.3. The van der Waals surface area contributed by atoms with Crippen molar-refractivity contribution in [1.29, 1.82) is 0 Å². The maximum Gasteiger partial charge on any atom is 0.331 e. The number of hydrogen-bond acceptors (Lipinski definition) is 4. The number of rotatable bonds is 4. The molecular weight excluding hydrogens is 208 g/mol. The molecule has 1 fully saturated rings. The lowest BCUT2D eigenvalue weighted by molar-refractivity contribution is -0.145. The summed E-state index contributed by atoms with van der Waals surface area (Å²) in [5.74, 6) is -0.969. The van der Waals surface area contributed by atoms with Gasteiger partial charge in [0, 0.05) is 12.2 Å². The van der Waals surface area contributed by atoms with E-state index in [4.69, 9.17) is 4.74 Å². The minimum atomic E-state index is -0.511. The molecule has 4 nitrogen and oxygen atoms in total. The van der Waals surface area contributed by atoms with Crippen LogP contribution in [0.15, 0.2) is 12.2 Å². The van der Waals surface area contributed by atoms with Crippen molar-refractivity contribution < 1.29 is 19.1 Å². The molecule has 4 heteroatoms. The molecule has 1 aliphatic carbocycles. The van der Waals surface area contributed by atoms with Crippen LogP contribution in [0.2, 0.25) is 0 Å². The smallest absolute Gasteiger partial charge is 0.331 e. The highest BCUT2D eigenvalue weighted by Gasteiger charge is 2.16. The van der Waals surface area contributed by atoms with Gasteiger partial charge in [-0.2, -0.15) is 0 Å². The van der Waals surface area contributed by atoms with Crippen LogP contribution in [-0.4, -0.2) is 24.6 Å². The van der Waals surface area contributed by atoms with E-state index in [1.807, 2.05) is 0 Å². The Morgan fingerprint density at radius 3 is 2.38 bits per heavy atom. The van der Waals surface area contributed by atoms with Crippen molar-refractivity contribution in [2.75, 3.05) is 6.61 Å². The average Bonchev–Trinajstić information content (AvgIpc) is 2.28. The van der Waals surface area contributed by atoms with E-state index < -0.39 is 11.9 Å². The summed E-state index contributed by atoms with van der Waals surface area (Å²) in [6.45, 7) is 2.02. The van der Waals surface area contributed by atoms with Crippen LogP contribution in [0.1, 0.15) is 39.0 Å². The van der Waals surface area contributed by atoms with E-state index in [1.54, 1.807) is 6.92 Å². The van der Waals surface area contributed by atoms with Crippen molar-refractivity contribution in [2.45, 2.75) is 45.1 Å². The maximum absolute atomic E-state index is 11.3.